The first-order chi connectivity index (χ1) is 13.6. The van der Waals surface area contributed by atoms with Crippen LogP contribution in [-0.2, 0) is 0 Å². The molecule has 0 amide bonds. The maximum atomic E-state index is 13.9. The summed E-state index contributed by atoms with van der Waals surface area (Å²) in [5, 5.41) is 6.52. The predicted molar refractivity (Wildman–Crippen MR) is 106 cm³/mol. The summed E-state index contributed by atoms with van der Waals surface area (Å²) in [6, 6.07) is 9.44. The first-order valence-corrected chi connectivity index (χ1v) is 9.30. The topological polar surface area (TPSA) is 61.8 Å². The average Bonchev–Trinajstić information content (AvgIpc) is 3.15. The second-order valence-electron chi connectivity index (χ2n) is 6.70. The number of anilines is 1. The fourth-order valence-corrected chi connectivity index (χ4v) is 3.11. The number of hydrogen-bond acceptors (Lipinski definition) is 4. The van der Waals surface area contributed by atoms with Crippen molar-refractivity contribution in [3.05, 3.63) is 54.2 Å². The highest BCUT2D eigenvalue weighted by molar-refractivity contribution is 5.80. The van der Waals surface area contributed by atoms with Gasteiger partial charge in [-0.25, -0.2) is 13.8 Å². The lowest BCUT2D eigenvalue weighted by Gasteiger charge is -2.21. The van der Waals surface area contributed by atoms with Crippen LogP contribution in [0.4, 0.5) is 14.6 Å². The van der Waals surface area contributed by atoms with Gasteiger partial charge in [-0.15, -0.1) is 0 Å². The van der Waals surface area contributed by atoms with E-state index in [1.807, 2.05) is 11.8 Å². The molecule has 0 spiro atoms. The van der Waals surface area contributed by atoms with E-state index < -0.39 is 0 Å². The third kappa shape index (κ3) is 5.09. The van der Waals surface area contributed by atoms with Crippen LogP contribution in [0, 0.1) is 11.6 Å². The van der Waals surface area contributed by atoms with Crippen LogP contribution in [0.2, 0.25) is 0 Å². The number of hydrogen-bond donors (Lipinski definition) is 2. The molecule has 1 aromatic heterocycles. The lowest BCUT2D eigenvalue weighted by atomic mass is 10.3. The molecule has 1 aliphatic heterocycles. The Labute approximate surface area is 163 Å². The smallest absolute Gasteiger partial charge is 0.191 e. The van der Waals surface area contributed by atoms with Crippen molar-refractivity contribution >= 4 is 11.8 Å². The highest BCUT2D eigenvalue weighted by atomic mass is 19.1. The predicted octanol–water partition coefficient (Wildman–Crippen LogP) is 2.57. The molecule has 0 saturated carbocycles. The number of halogens is 2. The summed E-state index contributed by atoms with van der Waals surface area (Å²) in [5.41, 5.74) is 0. The highest BCUT2D eigenvalue weighted by Crippen LogP contribution is 2.20. The molecule has 150 valence electrons. The molecule has 2 aromatic rings. The van der Waals surface area contributed by atoms with Crippen LogP contribution >= 0.6 is 0 Å². The van der Waals surface area contributed by atoms with Crippen molar-refractivity contribution < 1.29 is 13.5 Å². The zero-order valence-electron chi connectivity index (χ0n) is 16.0. The Bertz CT molecular complexity index is 817. The quantitative estimate of drug-likeness (QED) is 0.587. The summed E-state index contributed by atoms with van der Waals surface area (Å²) in [7, 11) is 1.68. The lowest BCUT2D eigenvalue weighted by molar-refractivity contribution is 0.214. The normalized spacial score (nSPS) is 18.1. The molecule has 3 rings (SSSR count). The van der Waals surface area contributed by atoms with Crippen molar-refractivity contribution in [1.82, 2.24) is 15.6 Å². The van der Waals surface area contributed by atoms with E-state index in [9.17, 15) is 8.78 Å². The highest BCUT2D eigenvalue weighted by Gasteiger charge is 2.26. The molecule has 1 aliphatic rings. The van der Waals surface area contributed by atoms with Gasteiger partial charge < -0.3 is 20.3 Å². The molecular weight excluding hydrogens is 364 g/mol. The number of pyridine rings is 1. The monoisotopic (exact) mass is 389 g/mol. The molecule has 2 heterocycles. The standard InChI is InChI=1S/C20H25F2N5O/c1-14(28-18-8-4-3-6-16(18)21)12-25-20(23-2)26-15-9-11-27(13-15)19-17(22)7-5-10-24-19/h3-8,10,14-15H,9,11-13H2,1-2H3,(H2,23,25,26). The van der Waals surface area contributed by atoms with Crippen LogP contribution < -0.4 is 20.3 Å². The summed E-state index contributed by atoms with van der Waals surface area (Å²) in [6.07, 6.45) is 2.19. The number of nitrogens with one attached hydrogen (secondary N) is 2. The number of aliphatic imine (C=N–C) groups is 1. The van der Waals surface area contributed by atoms with Gasteiger partial charge in [0.25, 0.3) is 0 Å². The van der Waals surface area contributed by atoms with Crippen molar-refractivity contribution in [2.24, 2.45) is 4.99 Å². The van der Waals surface area contributed by atoms with Gasteiger partial charge in [0.15, 0.2) is 29.2 Å². The Morgan fingerprint density at radius 1 is 1.29 bits per heavy atom. The van der Waals surface area contributed by atoms with Crippen molar-refractivity contribution in [2.45, 2.75) is 25.5 Å². The van der Waals surface area contributed by atoms with Crippen molar-refractivity contribution in [1.29, 1.82) is 0 Å². The van der Waals surface area contributed by atoms with E-state index in [-0.39, 0.29) is 29.5 Å². The zero-order chi connectivity index (χ0) is 19.9. The van der Waals surface area contributed by atoms with Gasteiger partial charge >= 0.3 is 0 Å². The summed E-state index contributed by atoms with van der Waals surface area (Å²) in [6.45, 7) is 3.67. The van der Waals surface area contributed by atoms with Gasteiger partial charge in [-0.1, -0.05) is 12.1 Å². The molecular formula is C20H25F2N5O. The molecule has 6 nitrogen and oxygen atoms in total. The van der Waals surface area contributed by atoms with Crippen LogP contribution in [0.3, 0.4) is 0 Å². The lowest BCUT2D eigenvalue weighted by Crippen LogP contribution is -2.47. The number of para-hydroxylation sites is 1. The van der Waals surface area contributed by atoms with Crippen LogP contribution in [0.15, 0.2) is 47.6 Å². The number of guanidine groups is 1. The van der Waals surface area contributed by atoms with E-state index in [4.69, 9.17) is 4.74 Å². The number of aromatic nitrogens is 1. The van der Waals surface area contributed by atoms with Crippen molar-refractivity contribution in [2.75, 3.05) is 31.6 Å². The summed E-state index contributed by atoms with van der Waals surface area (Å²) >= 11 is 0. The van der Waals surface area contributed by atoms with E-state index in [0.29, 0.717) is 24.9 Å². The molecule has 8 heteroatoms. The Hall–Kier alpha value is -2.90. The van der Waals surface area contributed by atoms with Gasteiger partial charge in [-0.2, -0.15) is 0 Å². The number of rotatable bonds is 6. The minimum atomic E-state index is -0.385. The van der Waals surface area contributed by atoms with Gasteiger partial charge in [0.05, 0.1) is 6.54 Å². The summed E-state index contributed by atoms with van der Waals surface area (Å²) < 4.78 is 33.2. The van der Waals surface area contributed by atoms with E-state index in [2.05, 4.69) is 20.6 Å². The van der Waals surface area contributed by atoms with Crippen LogP contribution in [0.5, 0.6) is 5.75 Å². The first-order valence-electron chi connectivity index (χ1n) is 9.30. The molecule has 1 saturated heterocycles. The van der Waals surface area contributed by atoms with Gasteiger partial charge in [0, 0.05) is 32.4 Å². The Balaban J connectivity index is 1.47. The zero-order valence-corrected chi connectivity index (χ0v) is 16.0. The fourth-order valence-electron chi connectivity index (χ4n) is 3.11. The number of nitrogens with zero attached hydrogens (tertiary/aromatic N) is 3. The maximum absolute atomic E-state index is 13.9. The number of ether oxygens (including phenoxy) is 1. The molecule has 1 aromatic carbocycles. The molecule has 2 unspecified atom stereocenters. The third-order valence-electron chi connectivity index (χ3n) is 4.51. The molecule has 0 radical (unpaired) electrons. The SMILES string of the molecule is CN=C(NCC(C)Oc1ccccc1F)NC1CCN(c2ncccc2F)C1. The summed E-state index contributed by atoms with van der Waals surface area (Å²) in [4.78, 5) is 10.3. The van der Waals surface area contributed by atoms with Crippen molar-refractivity contribution in [3.8, 4) is 5.75 Å². The minimum absolute atomic E-state index is 0.121. The molecule has 1 fully saturated rings. The maximum Gasteiger partial charge on any atom is 0.191 e. The van der Waals surface area contributed by atoms with Crippen molar-refractivity contribution in [3.63, 3.8) is 0 Å². The third-order valence-corrected chi connectivity index (χ3v) is 4.51. The van der Waals surface area contributed by atoms with E-state index >= 15 is 0 Å². The van der Waals surface area contributed by atoms with Gasteiger partial charge in [-0.3, -0.25) is 4.99 Å². The molecule has 2 atom stereocenters. The van der Waals surface area contributed by atoms with E-state index in [1.165, 1.54) is 12.1 Å². The molecule has 2 N–H and O–H groups in total. The average molecular weight is 389 g/mol. The summed E-state index contributed by atoms with van der Waals surface area (Å²) in [5.74, 6) is 0.525. The molecule has 28 heavy (non-hydrogen) atoms. The second kappa shape index (κ2) is 9.34. The van der Waals surface area contributed by atoms with E-state index in [0.717, 1.165) is 13.0 Å². The minimum Gasteiger partial charge on any atom is -0.486 e. The van der Waals surface area contributed by atoms with Gasteiger partial charge in [-0.05, 0) is 37.6 Å². The first kappa shape index (κ1) is 19.9. The second-order valence-corrected chi connectivity index (χ2v) is 6.70. The Morgan fingerprint density at radius 2 is 2.07 bits per heavy atom. The molecule has 0 bridgehead atoms. The van der Waals surface area contributed by atoms with Crippen LogP contribution in [0.1, 0.15) is 13.3 Å². The Kier molecular flexibility index (Phi) is 6.62. The fraction of sp³-hybridized carbons (Fsp3) is 0.400. The van der Waals surface area contributed by atoms with Gasteiger partial charge in [0.2, 0.25) is 0 Å². The largest absolute Gasteiger partial charge is 0.486 e. The van der Waals surface area contributed by atoms with E-state index in [1.54, 1.807) is 37.5 Å². The molecule has 0 aliphatic carbocycles. The Morgan fingerprint density at radius 3 is 2.82 bits per heavy atom. The van der Waals surface area contributed by atoms with Crippen LogP contribution in [-0.4, -0.2) is 49.8 Å². The van der Waals surface area contributed by atoms with Crippen LogP contribution in [0.25, 0.3) is 0 Å². The number of benzene rings is 1. The van der Waals surface area contributed by atoms with Gasteiger partial charge in [0.1, 0.15) is 6.10 Å².